The Morgan fingerprint density at radius 1 is 0.933 bits per heavy atom. The zero-order valence-corrected chi connectivity index (χ0v) is 10.7. The molecule has 0 bridgehead atoms. The standard InChI is InChI=1S/C13H28O2/c1-5-11(6-2)13(15)12(14)9-7-8-10(3)4/h10-15H,5-9H2,1-4H3. The number of hydrogen-bond donors (Lipinski definition) is 2. The van der Waals surface area contributed by atoms with E-state index in [0.29, 0.717) is 5.92 Å². The van der Waals surface area contributed by atoms with Crippen LogP contribution in [0.15, 0.2) is 0 Å². The van der Waals surface area contributed by atoms with Crippen LogP contribution < -0.4 is 0 Å². The summed E-state index contributed by atoms with van der Waals surface area (Å²) in [5.41, 5.74) is 0. The van der Waals surface area contributed by atoms with E-state index in [2.05, 4.69) is 27.7 Å². The third-order valence-corrected chi connectivity index (χ3v) is 3.21. The molecule has 2 heteroatoms. The van der Waals surface area contributed by atoms with Crippen LogP contribution in [-0.2, 0) is 0 Å². The van der Waals surface area contributed by atoms with Crippen LogP contribution in [0.1, 0.15) is 59.8 Å². The van der Waals surface area contributed by atoms with Gasteiger partial charge in [0.1, 0.15) is 0 Å². The highest BCUT2D eigenvalue weighted by molar-refractivity contribution is 4.74. The average Bonchev–Trinajstić information content (AvgIpc) is 2.18. The highest BCUT2D eigenvalue weighted by Gasteiger charge is 2.23. The highest BCUT2D eigenvalue weighted by Crippen LogP contribution is 2.19. The summed E-state index contributed by atoms with van der Waals surface area (Å²) in [5, 5.41) is 19.7. The molecule has 2 unspecified atom stereocenters. The van der Waals surface area contributed by atoms with Crippen LogP contribution >= 0.6 is 0 Å². The van der Waals surface area contributed by atoms with Gasteiger partial charge >= 0.3 is 0 Å². The van der Waals surface area contributed by atoms with E-state index < -0.39 is 12.2 Å². The van der Waals surface area contributed by atoms with Gasteiger partial charge < -0.3 is 10.2 Å². The Morgan fingerprint density at radius 2 is 1.47 bits per heavy atom. The summed E-state index contributed by atoms with van der Waals surface area (Å²) in [4.78, 5) is 0. The van der Waals surface area contributed by atoms with Gasteiger partial charge in [0, 0.05) is 0 Å². The summed E-state index contributed by atoms with van der Waals surface area (Å²) < 4.78 is 0. The van der Waals surface area contributed by atoms with Crippen LogP contribution in [0, 0.1) is 11.8 Å². The molecule has 92 valence electrons. The van der Waals surface area contributed by atoms with Gasteiger partial charge in [-0.05, 0) is 18.3 Å². The van der Waals surface area contributed by atoms with Crippen molar-refractivity contribution < 1.29 is 10.2 Å². The number of aliphatic hydroxyl groups is 2. The Hall–Kier alpha value is -0.0800. The minimum atomic E-state index is -0.535. The van der Waals surface area contributed by atoms with Crippen molar-refractivity contribution in [2.75, 3.05) is 0 Å². The second kappa shape index (κ2) is 8.12. The van der Waals surface area contributed by atoms with Crippen molar-refractivity contribution in [2.45, 2.75) is 72.0 Å². The van der Waals surface area contributed by atoms with Gasteiger partial charge in [-0.3, -0.25) is 0 Å². The SMILES string of the molecule is CCC(CC)C(O)C(O)CCCC(C)C. The lowest BCUT2D eigenvalue weighted by Crippen LogP contribution is -2.33. The largest absolute Gasteiger partial charge is 0.390 e. The second-order valence-corrected chi connectivity index (χ2v) is 4.96. The van der Waals surface area contributed by atoms with Crippen molar-refractivity contribution in [3.63, 3.8) is 0 Å². The maximum Gasteiger partial charge on any atom is 0.0826 e. The summed E-state index contributed by atoms with van der Waals surface area (Å²) in [6, 6.07) is 0. The maximum absolute atomic E-state index is 9.89. The van der Waals surface area contributed by atoms with Gasteiger partial charge in [0.05, 0.1) is 12.2 Å². The molecular weight excluding hydrogens is 188 g/mol. The molecule has 0 spiro atoms. The van der Waals surface area contributed by atoms with Gasteiger partial charge in [0.2, 0.25) is 0 Å². The first-order valence-corrected chi connectivity index (χ1v) is 6.38. The molecule has 0 aliphatic heterocycles. The fraction of sp³-hybridized carbons (Fsp3) is 1.00. The third-order valence-electron chi connectivity index (χ3n) is 3.21. The van der Waals surface area contributed by atoms with Crippen molar-refractivity contribution in [3.8, 4) is 0 Å². The molecular formula is C13H28O2. The monoisotopic (exact) mass is 216 g/mol. The van der Waals surface area contributed by atoms with Crippen LogP contribution in [0.4, 0.5) is 0 Å². The van der Waals surface area contributed by atoms with E-state index in [1.165, 1.54) is 0 Å². The fourth-order valence-corrected chi connectivity index (χ4v) is 1.99. The average molecular weight is 216 g/mol. The smallest absolute Gasteiger partial charge is 0.0826 e. The van der Waals surface area contributed by atoms with Crippen LogP contribution in [0.2, 0.25) is 0 Å². The first-order valence-electron chi connectivity index (χ1n) is 6.38. The summed E-state index contributed by atoms with van der Waals surface area (Å²) >= 11 is 0. The molecule has 0 aromatic rings. The van der Waals surface area contributed by atoms with Crippen molar-refractivity contribution in [3.05, 3.63) is 0 Å². The molecule has 0 aromatic carbocycles. The van der Waals surface area contributed by atoms with Crippen LogP contribution in [0.3, 0.4) is 0 Å². The minimum absolute atomic E-state index is 0.249. The lowest BCUT2D eigenvalue weighted by atomic mass is 9.90. The van der Waals surface area contributed by atoms with Crippen LogP contribution in [0.25, 0.3) is 0 Å². The molecule has 0 aliphatic carbocycles. The number of aliphatic hydroxyl groups excluding tert-OH is 2. The fourth-order valence-electron chi connectivity index (χ4n) is 1.99. The Balaban J connectivity index is 3.81. The second-order valence-electron chi connectivity index (χ2n) is 4.96. The molecule has 0 radical (unpaired) electrons. The van der Waals surface area contributed by atoms with Crippen molar-refractivity contribution in [1.29, 1.82) is 0 Å². The van der Waals surface area contributed by atoms with E-state index >= 15 is 0 Å². The third kappa shape index (κ3) is 6.16. The molecule has 0 aromatic heterocycles. The zero-order valence-electron chi connectivity index (χ0n) is 10.7. The molecule has 0 rings (SSSR count). The Morgan fingerprint density at radius 3 is 1.87 bits per heavy atom. The van der Waals surface area contributed by atoms with Crippen molar-refractivity contribution in [1.82, 2.24) is 0 Å². The van der Waals surface area contributed by atoms with E-state index in [1.54, 1.807) is 0 Å². The number of hydrogen-bond acceptors (Lipinski definition) is 2. The highest BCUT2D eigenvalue weighted by atomic mass is 16.3. The van der Waals surface area contributed by atoms with E-state index in [4.69, 9.17) is 0 Å². The molecule has 0 aliphatic rings. The zero-order chi connectivity index (χ0) is 11.8. The minimum Gasteiger partial charge on any atom is -0.390 e. The van der Waals surface area contributed by atoms with Gasteiger partial charge in [-0.1, -0.05) is 53.4 Å². The van der Waals surface area contributed by atoms with Crippen molar-refractivity contribution in [2.24, 2.45) is 11.8 Å². The van der Waals surface area contributed by atoms with Gasteiger partial charge in [-0.2, -0.15) is 0 Å². The van der Waals surface area contributed by atoms with E-state index in [0.717, 1.165) is 32.1 Å². The van der Waals surface area contributed by atoms with Crippen molar-refractivity contribution >= 4 is 0 Å². The first kappa shape index (κ1) is 14.9. The Kier molecular flexibility index (Phi) is 8.07. The normalized spacial score (nSPS) is 16.0. The quantitative estimate of drug-likeness (QED) is 0.655. The molecule has 15 heavy (non-hydrogen) atoms. The molecule has 2 N–H and O–H groups in total. The summed E-state index contributed by atoms with van der Waals surface area (Å²) in [5.74, 6) is 0.932. The van der Waals surface area contributed by atoms with E-state index in [1.807, 2.05) is 0 Å². The molecule has 0 saturated carbocycles. The molecule has 0 fully saturated rings. The van der Waals surface area contributed by atoms with Crippen LogP contribution in [-0.4, -0.2) is 22.4 Å². The Labute approximate surface area is 94.7 Å². The van der Waals surface area contributed by atoms with E-state index in [9.17, 15) is 10.2 Å². The molecule has 0 heterocycles. The predicted molar refractivity (Wildman–Crippen MR) is 64.8 cm³/mol. The molecule has 2 atom stereocenters. The van der Waals surface area contributed by atoms with Gasteiger partial charge in [0.25, 0.3) is 0 Å². The summed E-state index contributed by atoms with van der Waals surface area (Å²) in [6.45, 7) is 8.50. The molecule has 2 nitrogen and oxygen atoms in total. The summed E-state index contributed by atoms with van der Waals surface area (Å²) in [7, 11) is 0. The molecule has 0 saturated heterocycles. The number of rotatable bonds is 8. The van der Waals surface area contributed by atoms with E-state index in [-0.39, 0.29) is 5.92 Å². The predicted octanol–water partition coefficient (Wildman–Crippen LogP) is 2.97. The maximum atomic E-state index is 9.89. The van der Waals surface area contributed by atoms with Gasteiger partial charge in [0.15, 0.2) is 0 Å². The van der Waals surface area contributed by atoms with Crippen LogP contribution in [0.5, 0.6) is 0 Å². The summed E-state index contributed by atoms with van der Waals surface area (Å²) in [6.07, 6.45) is 3.69. The first-order chi connectivity index (χ1) is 7.02. The lowest BCUT2D eigenvalue weighted by Gasteiger charge is -2.25. The topological polar surface area (TPSA) is 40.5 Å². The Bertz CT molecular complexity index is 141. The lowest BCUT2D eigenvalue weighted by molar-refractivity contribution is -0.0245. The van der Waals surface area contributed by atoms with Gasteiger partial charge in [-0.15, -0.1) is 0 Å². The van der Waals surface area contributed by atoms with Gasteiger partial charge in [-0.25, -0.2) is 0 Å². The molecule has 0 amide bonds.